The summed E-state index contributed by atoms with van der Waals surface area (Å²) in [5, 5.41) is 7.08. The van der Waals surface area contributed by atoms with E-state index in [0.717, 1.165) is 17.5 Å². The van der Waals surface area contributed by atoms with E-state index in [1.807, 2.05) is 12.4 Å². The molecule has 4 nitrogen and oxygen atoms in total. The predicted molar refractivity (Wildman–Crippen MR) is 93.8 cm³/mol. The summed E-state index contributed by atoms with van der Waals surface area (Å²) in [6.07, 6.45) is 6.61. The summed E-state index contributed by atoms with van der Waals surface area (Å²) >= 11 is 1.75. The molecular formula is C18H20N4S. The van der Waals surface area contributed by atoms with Crippen LogP contribution in [0.2, 0.25) is 0 Å². The molecule has 0 saturated carbocycles. The van der Waals surface area contributed by atoms with E-state index >= 15 is 0 Å². The van der Waals surface area contributed by atoms with Gasteiger partial charge in [-0.05, 0) is 57.0 Å². The Balaban J connectivity index is 1.54. The lowest BCUT2D eigenvalue weighted by molar-refractivity contribution is 0.0534. The van der Waals surface area contributed by atoms with Crippen LogP contribution < -0.4 is 0 Å². The molecule has 0 unspecified atom stereocenters. The molecule has 6 rings (SSSR count). The molecule has 3 aliphatic heterocycles. The molecule has 0 N–H and O–H groups in total. The van der Waals surface area contributed by atoms with Crippen LogP contribution in [0.4, 0.5) is 0 Å². The monoisotopic (exact) mass is 324 g/mol. The molecule has 3 aliphatic rings. The first-order chi connectivity index (χ1) is 11.3. The van der Waals surface area contributed by atoms with Gasteiger partial charge in [0.1, 0.15) is 5.01 Å². The van der Waals surface area contributed by atoms with E-state index in [9.17, 15) is 0 Å². The molecule has 0 spiro atoms. The van der Waals surface area contributed by atoms with Crippen molar-refractivity contribution < 1.29 is 0 Å². The van der Waals surface area contributed by atoms with Gasteiger partial charge in [0, 0.05) is 28.6 Å². The maximum Gasteiger partial charge on any atom is 0.123 e. The van der Waals surface area contributed by atoms with Gasteiger partial charge in [-0.15, -0.1) is 11.3 Å². The van der Waals surface area contributed by atoms with Crippen LogP contribution in [0.15, 0.2) is 30.6 Å². The molecule has 5 heteroatoms. The SMILES string of the molecule is Cc1cnc(-c2ccc3c(cnn3[C@H]3CN4CCC3CC4)c2)s1. The molecule has 3 saturated heterocycles. The normalized spacial score (nSPS) is 26.9. The Morgan fingerprint density at radius 3 is 2.74 bits per heavy atom. The van der Waals surface area contributed by atoms with Crippen LogP contribution in [0.25, 0.3) is 21.5 Å². The van der Waals surface area contributed by atoms with Crippen LogP contribution in [-0.4, -0.2) is 39.3 Å². The minimum absolute atomic E-state index is 0.544. The summed E-state index contributed by atoms with van der Waals surface area (Å²) in [6.45, 7) is 5.81. The van der Waals surface area contributed by atoms with Crippen LogP contribution >= 0.6 is 11.3 Å². The first kappa shape index (κ1) is 13.7. The number of thiazole rings is 1. The van der Waals surface area contributed by atoms with Gasteiger partial charge < -0.3 is 4.90 Å². The fourth-order valence-corrected chi connectivity index (χ4v) is 4.91. The van der Waals surface area contributed by atoms with E-state index < -0.39 is 0 Å². The fourth-order valence-electron chi connectivity index (χ4n) is 4.15. The lowest BCUT2D eigenvalue weighted by Crippen LogP contribution is -2.48. The number of aryl methyl sites for hydroxylation is 1. The highest BCUT2D eigenvalue weighted by atomic mass is 32.1. The predicted octanol–water partition coefficient (Wildman–Crippen LogP) is 3.73. The van der Waals surface area contributed by atoms with Crippen molar-refractivity contribution in [2.75, 3.05) is 19.6 Å². The van der Waals surface area contributed by atoms with Gasteiger partial charge in [0.15, 0.2) is 0 Å². The van der Waals surface area contributed by atoms with Crippen molar-refractivity contribution in [3.8, 4) is 10.6 Å². The Bertz CT molecular complexity index is 857. The first-order valence-corrected chi connectivity index (χ1v) is 9.22. The number of fused-ring (bicyclic) bond motifs is 4. The first-order valence-electron chi connectivity index (χ1n) is 8.40. The summed E-state index contributed by atoms with van der Waals surface area (Å²) in [7, 11) is 0. The van der Waals surface area contributed by atoms with Crippen LogP contribution in [0, 0.1) is 12.8 Å². The van der Waals surface area contributed by atoms with E-state index in [4.69, 9.17) is 5.10 Å². The lowest BCUT2D eigenvalue weighted by atomic mass is 9.84. The van der Waals surface area contributed by atoms with Crippen molar-refractivity contribution in [2.45, 2.75) is 25.8 Å². The number of nitrogens with zero attached hydrogens (tertiary/aromatic N) is 4. The Kier molecular flexibility index (Phi) is 3.06. The highest BCUT2D eigenvalue weighted by molar-refractivity contribution is 7.14. The van der Waals surface area contributed by atoms with Gasteiger partial charge in [-0.25, -0.2) is 4.98 Å². The Morgan fingerprint density at radius 1 is 1.17 bits per heavy atom. The van der Waals surface area contributed by atoms with Gasteiger partial charge >= 0.3 is 0 Å². The van der Waals surface area contributed by atoms with Crippen LogP contribution in [0.3, 0.4) is 0 Å². The minimum Gasteiger partial charge on any atom is -0.301 e. The van der Waals surface area contributed by atoms with Crippen molar-refractivity contribution in [1.29, 1.82) is 0 Å². The van der Waals surface area contributed by atoms with Gasteiger partial charge in [0.05, 0.1) is 17.8 Å². The third-order valence-electron chi connectivity index (χ3n) is 5.40. The molecule has 2 aromatic heterocycles. The maximum atomic E-state index is 4.75. The number of rotatable bonds is 2. The standard InChI is InChI=1S/C18H20N4S/c1-12-9-19-18(23-12)14-2-3-16-15(8-14)10-20-22(16)17-11-21-6-4-13(17)5-7-21/h2-3,8-10,13,17H,4-7,11H2,1H3/t17-/m0/s1. The van der Waals surface area contributed by atoms with E-state index in [0.29, 0.717) is 6.04 Å². The van der Waals surface area contributed by atoms with Crippen molar-refractivity contribution in [1.82, 2.24) is 19.7 Å². The quantitative estimate of drug-likeness (QED) is 0.720. The molecule has 1 aromatic carbocycles. The maximum absolute atomic E-state index is 4.75. The van der Waals surface area contributed by atoms with E-state index in [1.165, 1.54) is 47.3 Å². The second kappa shape index (κ2) is 5.14. The van der Waals surface area contributed by atoms with Crippen LogP contribution in [-0.2, 0) is 0 Å². The summed E-state index contributed by atoms with van der Waals surface area (Å²) in [4.78, 5) is 8.35. The second-order valence-corrected chi connectivity index (χ2v) is 8.08. The number of hydrogen-bond acceptors (Lipinski definition) is 4. The fraction of sp³-hybridized carbons (Fsp3) is 0.444. The summed E-state index contributed by atoms with van der Waals surface area (Å²) < 4.78 is 2.28. The summed E-state index contributed by atoms with van der Waals surface area (Å²) in [5.74, 6) is 0.796. The van der Waals surface area contributed by atoms with E-state index in [-0.39, 0.29) is 0 Å². The molecule has 1 atom stereocenters. The summed E-state index contributed by atoms with van der Waals surface area (Å²) in [5.41, 5.74) is 2.46. The third kappa shape index (κ3) is 2.22. The molecule has 2 bridgehead atoms. The molecular weight excluding hydrogens is 304 g/mol. The van der Waals surface area contributed by atoms with Crippen molar-refractivity contribution in [3.05, 3.63) is 35.5 Å². The van der Waals surface area contributed by atoms with Gasteiger partial charge in [0.25, 0.3) is 0 Å². The topological polar surface area (TPSA) is 34.0 Å². The zero-order valence-electron chi connectivity index (χ0n) is 13.3. The molecule has 0 amide bonds. The minimum atomic E-state index is 0.544. The Hall–Kier alpha value is -1.72. The van der Waals surface area contributed by atoms with Crippen molar-refractivity contribution in [2.24, 2.45) is 5.92 Å². The van der Waals surface area contributed by atoms with Crippen LogP contribution in [0.1, 0.15) is 23.8 Å². The number of hydrogen-bond donors (Lipinski definition) is 0. The zero-order chi connectivity index (χ0) is 15.4. The average Bonchev–Trinajstić information content (AvgIpc) is 3.21. The smallest absolute Gasteiger partial charge is 0.123 e. The summed E-state index contributed by atoms with van der Waals surface area (Å²) in [6, 6.07) is 7.20. The van der Waals surface area contributed by atoms with Crippen molar-refractivity contribution in [3.63, 3.8) is 0 Å². The highest BCUT2D eigenvalue weighted by Crippen LogP contribution is 2.37. The molecule has 118 valence electrons. The van der Waals surface area contributed by atoms with Gasteiger partial charge in [-0.1, -0.05) is 0 Å². The molecule has 23 heavy (non-hydrogen) atoms. The number of piperidine rings is 3. The highest BCUT2D eigenvalue weighted by Gasteiger charge is 2.36. The van der Waals surface area contributed by atoms with Crippen molar-refractivity contribution >= 4 is 22.2 Å². The molecule has 0 radical (unpaired) electrons. The van der Waals surface area contributed by atoms with Crippen LogP contribution in [0.5, 0.6) is 0 Å². The Morgan fingerprint density at radius 2 is 2.04 bits per heavy atom. The third-order valence-corrected chi connectivity index (χ3v) is 6.36. The van der Waals surface area contributed by atoms with E-state index in [1.54, 1.807) is 11.3 Å². The average molecular weight is 324 g/mol. The number of aromatic nitrogens is 3. The molecule has 0 aliphatic carbocycles. The van der Waals surface area contributed by atoms with E-state index in [2.05, 4.69) is 39.7 Å². The van der Waals surface area contributed by atoms with Gasteiger partial charge in [-0.3, -0.25) is 4.68 Å². The largest absolute Gasteiger partial charge is 0.301 e. The molecule has 3 fully saturated rings. The molecule has 3 aromatic rings. The zero-order valence-corrected chi connectivity index (χ0v) is 14.1. The lowest BCUT2D eigenvalue weighted by Gasteiger charge is -2.44. The van der Waals surface area contributed by atoms with Gasteiger partial charge in [0.2, 0.25) is 0 Å². The Labute approximate surface area is 139 Å². The molecule has 5 heterocycles. The number of benzene rings is 1. The second-order valence-electron chi connectivity index (χ2n) is 6.84. The van der Waals surface area contributed by atoms with Gasteiger partial charge in [-0.2, -0.15) is 5.10 Å².